The van der Waals surface area contributed by atoms with Gasteiger partial charge in [0.1, 0.15) is 0 Å². The summed E-state index contributed by atoms with van der Waals surface area (Å²) in [5.41, 5.74) is 0.0754. The lowest BCUT2D eigenvalue weighted by Gasteiger charge is -2.29. The maximum absolute atomic E-state index is 9.02. The Hall–Kier alpha value is -0.510. The summed E-state index contributed by atoms with van der Waals surface area (Å²) in [5, 5.41) is 12.6. The van der Waals surface area contributed by atoms with Gasteiger partial charge in [-0.3, -0.25) is 0 Å². The van der Waals surface area contributed by atoms with E-state index in [-0.39, 0.29) is 12.1 Å². The highest BCUT2D eigenvalue weighted by atomic mass is 32.2. The maximum Gasteiger partial charge on any atom is 0.0448 e. The zero-order chi connectivity index (χ0) is 12.6. The van der Waals surface area contributed by atoms with Gasteiger partial charge < -0.3 is 10.4 Å². The molecule has 0 saturated heterocycles. The van der Waals surface area contributed by atoms with Gasteiger partial charge in [0.15, 0.2) is 0 Å². The van der Waals surface area contributed by atoms with Crippen molar-refractivity contribution in [1.29, 1.82) is 0 Å². The number of benzene rings is 1. The summed E-state index contributed by atoms with van der Waals surface area (Å²) in [4.78, 5) is 1.31. The van der Waals surface area contributed by atoms with Gasteiger partial charge in [-0.1, -0.05) is 25.1 Å². The molecule has 0 aliphatic carbocycles. The molecular formula is C14H23NOS. The minimum absolute atomic E-state index is 0.0754. The molecule has 0 fully saturated rings. The van der Waals surface area contributed by atoms with E-state index >= 15 is 0 Å². The van der Waals surface area contributed by atoms with Crippen LogP contribution in [-0.4, -0.2) is 29.5 Å². The van der Waals surface area contributed by atoms with Crippen LogP contribution in [0.1, 0.15) is 26.7 Å². The first-order chi connectivity index (χ1) is 8.20. The maximum atomic E-state index is 9.02. The highest BCUT2D eigenvalue weighted by Gasteiger charge is 2.19. The minimum Gasteiger partial charge on any atom is -0.396 e. The predicted octanol–water partition coefficient (Wildman–Crippen LogP) is 2.92. The Morgan fingerprint density at radius 2 is 2.00 bits per heavy atom. The van der Waals surface area contributed by atoms with Crippen LogP contribution >= 0.6 is 11.8 Å². The van der Waals surface area contributed by atoms with Crippen LogP contribution in [0.3, 0.4) is 0 Å². The Kier molecular flexibility index (Phi) is 6.63. The van der Waals surface area contributed by atoms with Gasteiger partial charge in [-0.2, -0.15) is 0 Å². The van der Waals surface area contributed by atoms with Crippen molar-refractivity contribution in [3.8, 4) is 0 Å². The summed E-state index contributed by atoms with van der Waals surface area (Å²) in [6.07, 6.45) is 1.86. The molecule has 1 aromatic rings. The van der Waals surface area contributed by atoms with E-state index in [9.17, 15) is 0 Å². The van der Waals surface area contributed by atoms with Crippen LogP contribution in [-0.2, 0) is 0 Å². The second-order valence-corrected chi connectivity index (χ2v) is 5.64. The van der Waals surface area contributed by atoms with E-state index in [1.807, 2.05) is 17.8 Å². The monoisotopic (exact) mass is 253 g/mol. The first-order valence-electron chi connectivity index (χ1n) is 6.24. The van der Waals surface area contributed by atoms with Crippen molar-refractivity contribution in [1.82, 2.24) is 5.32 Å². The molecule has 1 atom stereocenters. The molecule has 3 heteroatoms. The van der Waals surface area contributed by atoms with Crippen LogP contribution < -0.4 is 5.32 Å². The molecule has 96 valence electrons. The van der Waals surface area contributed by atoms with Gasteiger partial charge >= 0.3 is 0 Å². The molecule has 1 rings (SSSR count). The molecule has 2 nitrogen and oxygen atoms in total. The summed E-state index contributed by atoms with van der Waals surface area (Å²) >= 11 is 1.86. The number of rotatable bonds is 8. The van der Waals surface area contributed by atoms with Crippen molar-refractivity contribution in [3.63, 3.8) is 0 Å². The molecule has 0 aliphatic rings. The molecule has 0 aromatic heterocycles. The molecule has 1 aromatic carbocycles. The molecule has 1 unspecified atom stereocenters. The number of nitrogens with one attached hydrogen (secondary N) is 1. The van der Waals surface area contributed by atoms with E-state index in [4.69, 9.17) is 5.11 Å². The predicted molar refractivity (Wildman–Crippen MR) is 75.6 cm³/mol. The Labute approximate surface area is 109 Å². The van der Waals surface area contributed by atoms with Gasteiger partial charge in [0.25, 0.3) is 0 Å². The van der Waals surface area contributed by atoms with Gasteiger partial charge in [-0.25, -0.2) is 0 Å². The van der Waals surface area contributed by atoms with Gasteiger partial charge in [-0.15, -0.1) is 11.8 Å². The van der Waals surface area contributed by atoms with Gasteiger partial charge in [-0.05, 0) is 31.9 Å². The van der Waals surface area contributed by atoms with E-state index in [0.29, 0.717) is 0 Å². The van der Waals surface area contributed by atoms with Crippen LogP contribution in [0.2, 0.25) is 0 Å². The lowest BCUT2D eigenvalue weighted by Crippen LogP contribution is -2.43. The highest BCUT2D eigenvalue weighted by Crippen LogP contribution is 2.17. The number of hydrogen-bond donors (Lipinski definition) is 2. The molecule has 0 saturated carbocycles. The molecule has 17 heavy (non-hydrogen) atoms. The second-order valence-electron chi connectivity index (χ2n) is 4.48. The third-order valence-corrected chi connectivity index (χ3v) is 4.12. The first kappa shape index (κ1) is 14.6. The van der Waals surface area contributed by atoms with Crippen molar-refractivity contribution in [2.24, 2.45) is 0 Å². The number of aliphatic hydroxyl groups excluding tert-OH is 1. The topological polar surface area (TPSA) is 32.3 Å². The summed E-state index contributed by atoms with van der Waals surface area (Å²) in [6, 6.07) is 10.4. The van der Waals surface area contributed by atoms with Gasteiger partial charge in [0.05, 0.1) is 0 Å². The molecule has 0 aliphatic heterocycles. The van der Waals surface area contributed by atoms with Gasteiger partial charge in [0.2, 0.25) is 0 Å². The Morgan fingerprint density at radius 1 is 1.29 bits per heavy atom. The SMILES string of the molecule is CCC(C)(CCO)NCCSc1ccccc1. The van der Waals surface area contributed by atoms with E-state index < -0.39 is 0 Å². The minimum atomic E-state index is 0.0754. The first-order valence-corrected chi connectivity index (χ1v) is 7.22. The highest BCUT2D eigenvalue weighted by molar-refractivity contribution is 7.99. The van der Waals surface area contributed by atoms with Crippen LogP contribution in [0.25, 0.3) is 0 Å². The molecule has 0 bridgehead atoms. The zero-order valence-electron chi connectivity index (χ0n) is 10.8. The standard InChI is InChI=1S/C14H23NOS/c1-3-14(2,9-11-16)15-10-12-17-13-7-5-4-6-8-13/h4-8,15-16H,3,9-12H2,1-2H3. The van der Waals surface area contributed by atoms with E-state index in [1.165, 1.54) is 4.90 Å². The molecular weight excluding hydrogens is 230 g/mol. The van der Waals surface area contributed by atoms with Crippen molar-refractivity contribution in [3.05, 3.63) is 30.3 Å². The fraction of sp³-hybridized carbons (Fsp3) is 0.571. The third-order valence-electron chi connectivity index (χ3n) is 3.11. The van der Waals surface area contributed by atoms with E-state index in [1.54, 1.807) is 0 Å². The van der Waals surface area contributed by atoms with Crippen molar-refractivity contribution in [2.45, 2.75) is 37.1 Å². The summed E-state index contributed by atoms with van der Waals surface area (Å²) in [6.45, 7) is 5.57. The van der Waals surface area contributed by atoms with Crippen molar-refractivity contribution >= 4 is 11.8 Å². The summed E-state index contributed by atoms with van der Waals surface area (Å²) in [5.74, 6) is 1.06. The third kappa shape index (κ3) is 5.57. The van der Waals surface area contributed by atoms with Crippen LogP contribution in [0.15, 0.2) is 35.2 Å². The number of aliphatic hydroxyl groups is 1. The second kappa shape index (κ2) is 7.75. The quantitative estimate of drug-likeness (QED) is 0.552. The zero-order valence-corrected chi connectivity index (χ0v) is 11.6. The molecule has 0 radical (unpaired) electrons. The number of hydrogen-bond acceptors (Lipinski definition) is 3. The summed E-state index contributed by atoms with van der Waals surface area (Å²) < 4.78 is 0. The Morgan fingerprint density at radius 3 is 2.59 bits per heavy atom. The average Bonchev–Trinajstić information content (AvgIpc) is 2.36. The Balaban J connectivity index is 2.23. The molecule has 2 N–H and O–H groups in total. The van der Waals surface area contributed by atoms with Crippen molar-refractivity contribution in [2.75, 3.05) is 18.9 Å². The van der Waals surface area contributed by atoms with Crippen molar-refractivity contribution < 1.29 is 5.11 Å². The Bertz CT molecular complexity index is 304. The largest absolute Gasteiger partial charge is 0.396 e. The fourth-order valence-corrected chi connectivity index (χ4v) is 2.46. The molecule has 0 spiro atoms. The fourth-order valence-electron chi connectivity index (χ4n) is 1.68. The lowest BCUT2D eigenvalue weighted by atomic mass is 9.95. The average molecular weight is 253 g/mol. The van der Waals surface area contributed by atoms with Crippen LogP contribution in [0.4, 0.5) is 0 Å². The number of thioether (sulfide) groups is 1. The molecule has 0 amide bonds. The van der Waals surface area contributed by atoms with Gasteiger partial charge in [0, 0.05) is 29.3 Å². The normalized spacial score (nSPS) is 14.5. The van der Waals surface area contributed by atoms with Crippen LogP contribution in [0, 0.1) is 0 Å². The van der Waals surface area contributed by atoms with E-state index in [2.05, 4.69) is 43.4 Å². The van der Waals surface area contributed by atoms with Crippen LogP contribution in [0.5, 0.6) is 0 Å². The van der Waals surface area contributed by atoms with E-state index in [0.717, 1.165) is 25.1 Å². The molecule has 0 heterocycles. The summed E-state index contributed by atoms with van der Waals surface area (Å²) in [7, 11) is 0. The lowest BCUT2D eigenvalue weighted by molar-refractivity contribution is 0.218. The smallest absolute Gasteiger partial charge is 0.0448 e.